The maximum Gasteiger partial charge on any atom is 0.333 e. The van der Waals surface area contributed by atoms with Gasteiger partial charge in [-0.25, -0.2) is 4.98 Å². The second-order valence-electron chi connectivity index (χ2n) is 4.33. The van der Waals surface area contributed by atoms with Crippen LogP contribution in [0.1, 0.15) is 5.69 Å². The Morgan fingerprint density at radius 2 is 2.00 bits per heavy atom. The van der Waals surface area contributed by atoms with E-state index < -0.39 is 4.92 Å². The van der Waals surface area contributed by atoms with Crippen LogP contribution in [0, 0.1) is 17.0 Å². The van der Waals surface area contributed by atoms with Gasteiger partial charge in [-0.1, -0.05) is 12.1 Å². The van der Waals surface area contributed by atoms with Crippen molar-refractivity contribution < 1.29 is 9.66 Å². The molecule has 1 aromatic carbocycles. The number of ether oxygens (including phenoxy) is 1. The lowest BCUT2D eigenvalue weighted by Gasteiger charge is -2.21. The highest BCUT2D eigenvalue weighted by Gasteiger charge is 2.26. The molecule has 2 aromatic rings. The largest absolute Gasteiger partial charge is 0.495 e. The van der Waals surface area contributed by atoms with E-state index in [9.17, 15) is 10.1 Å². The summed E-state index contributed by atoms with van der Waals surface area (Å²) in [4.78, 5) is 20.2. The fraction of sp³-hybridized carbons (Fsp3) is 0.231. The Bertz CT molecular complexity index is 690. The van der Waals surface area contributed by atoms with E-state index in [1.165, 1.54) is 14.0 Å². The molecule has 21 heavy (non-hydrogen) atoms. The molecule has 0 spiro atoms. The van der Waals surface area contributed by atoms with Crippen molar-refractivity contribution in [3.8, 4) is 5.75 Å². The van der Waals surface area contributed by atoms with Gasteiger partial charge in [-0.2, -0.15) is 4.98 Å². The number of para-hydroxylation sites is 2. The predicted molar refractivity (Wildman–Crippen MR) is 78.9 cm³/mol. The van der Waals surface area contributed by atoms with Gasteiger partial charge in [0.15, 0.2) is 0 Å². The number of rotatable bonds is 4. The van der Waals surface area contributed by atoms with Gasteiger partial charge in [-0.05, 0) is 19.1 Å². The number of hydrogen-bond acceptors (Lipinski definition) is 7. The molecule has 0 unspecified atom stereocenters. The standard InChI is InChI=1S/C13H15N5O3/c1-8-11(18(19)20)12(16-13(14)15-8)17(2)9-6-4-5-7-10(9)21-3/h4-7H,1-3H3,(H2,14,15,16). The van der Waals surface area contributed by atoms with Crippen molar-refractivity contribution in [2.45, 2.75) is 6.92 Å². The molecule has 0 amide bonds. The minimum absolute atomic E-state index is 0.0187. The fourth-order valence-electron chi connectivity index (χ4n) is 2.04. The quantitative estimate of drug-likeness (QED) is 0.677. The number of aryl methyl sites for hydroxylation is 1. The Balaban J connectivity index is 2.63. The third-order valence-electron chi connectivity index (χ3n) is 3.00. The van der Waals surface area contributed by atoms with Gasteiger partial charge in [0, 0.05) is 7.05 Å². The maximum absolute atomic E-state index is 11.3. The van der Waals surface area contributed by atoms with E-state index in [1.54, 1.807) is 30.1 Å². The molecule has 0 fully saturated rings. The fourth-order valence-corrected chi connectivity index (χ4v) is 2.04. The Morgan fingerprint density at radius 3 is 2.62 bits per heavy atom. The molecule has 0 atom stereocenters. The summed E-state index contributed by atoms with van der Waals surface area (Å²) in [6.45, 7) is 1.52. The first-order valence-electron chi connectivity index (χ1n) is 6.11. The molecular formula is C13H15N5O3. The van der Waals surface area contributed by atoms with Gasteiger partial charge in [0.2, 0.25) is 11.8 Å². The monoisotopic (exact) mass is 289 g/mol. The lowest BCUT2D eigenvalue weighted by molar-refractivity contribution is -0.385. The topological polar surface area (TPSA) is 107 Å². The van der Waals surface area contributed by atoms with Crippen LogP contribution in [0.4, 0.5) is 23.1 Å². The molecule has 0 saturated carbocycles. The first-order chi connectivity index (χ1) is 9.95. The minimum Gasteiger partial charge on any atom is -0.495 e. The predicted octanol–water partition coefficient (Wildman–Crippen LogP) is 2.05. The summed E-state index contributed by atoms with van der Waals surface area (Å²) in [7, 11) is 3.19. The zero-order valence-electron chi connectivity index (χ0n) is 11.9. The van der Waals surface area contributed by atoms with Crippen LogP contribution in [0.5, 0.6) is 5.75 Å². The normalized spacial score (nSPS) is 10.2. The molecule has 0 aliphatic heterocycles. The SMILES string of the molecule is COc1ccccc1N(C)c1nc(N)nc(C)c1[N+](=O)[O-]. The maximum atomic E-state index is 11.3. The average Bonchev–Trinajstić information content (AvgIpc) is 2.45. The summed E-state index contributed by atoms with van der Waals surface area (Å²) in [5.74, 6) is 0.675. The number of nitro groups is 1. The number of benzene rings is 1. The molecule has 0 radical (unpaired) electrons. The van der Waals surface area contributed by atoms with E-state index in [-0.39, 0.29) is 23.1 Å². The van der Waals surface area contributed by atoms with E-state index in [2.05, 4.69) is 9.97 Å². The highest BCUT2D eigenvalue weighted by Crippen LogP contribution is 2.36. The summed E-state index contributed by atoms with van der Waals surface area (Å²) >= 11 is 0. The second kappa shape index (κ2) is 5.61. The summed E-state index contributed by atoms with van der Waals surface area (Å²) in [6.07, 6.45) is 0. The number of aromatic nitrogens is 2. The summed E-state index contributed by atoms with van der Waals surface area (Å²) < 4.78 is 5.26. The van der Waals surface area contributed by atoms with E-state index >= 15 is 0 Å². The Kier molecular flexibility index (Phi) is 3.88. The highest BCUT2D eigenvalue weighted by molar-refractivity contribution is 5.73. The van der Waals surface area contributed by atoms with Crippen LogP contribution in [-0.4, -0.2) is 29.0 Å². The third-order valence-corrected chi connectivity index (χ3v) is 3.00. The molecular weight excluding hydrogens is 274 g/mol. The summed E-state index contributed by atoms with van der Waals surface area (Å²) in [6, 6.07) is 7.15. The van der Waals surface area contributed by atoms with Gasteiger partial charge in [-0.3, -0.25) is 10.1 Å². The van der Waals surface area contributed by atoms with Crippen molar-refractivity contribution in [2.24, 2.45) is 0 Å². The van der Waals surface area contributed by atoms with Gasteiger partial charge in [0.05, 0.1) is 17.7 Å². The zero-order valence-corrected chi connectivity index (χ0v) is 11.9. The van der Waals surface area contributed by atoms with Crippen LogP contribution in [0.25, 0.3) is 0 Å². The van der Waals surface area contributed by atoms with Crippen molar-refractivity contribution in [3.05, 3.63) is 40.1 Å². The van der Waals surface area contributed by atoms with Crippen molar-refractivity contribution >= 4 is 23.1 Å². The summed E-state index contributed by atoms with van der Waals surface area (Å²) in [5.41, 5.74) is 6.28. The van der Waals surface area contributed by atoms with Crippen molar-refractivity contribution in [1.82, 2.24) is 9.97 Å². The number of nitrogen functional groups attached to an aromatic ring is 1. The average molecular weight is 289 g/mol. The van der Waals surface area contributed by atoms with Crippen molar-refractivity contribution in [3.63, 3.8) is 0 Å². The number of methoxy groups -OCH3 is 1. The van der Waals surface area contributed by atoms with Crippen LogP contribution < -0.4 is 15.4 Å². The molecule has 8 nitrogen and oxygen atoms in total. The molecule has 1 aromatic heterocycles. The molecule has 0 aliphatic carbocycles. The van der Waals surface area contributed by atoms with Crippen molar-refractivity contribution in [1.29, 1.82) is 0 Å². The van der Waals surface area contributed by atoms with Crippen LogP contribution in [0.15, 0.2) is 24.3 Å². The smallest absolute Gasteiger partial charge is 0.333 e. The molecule has 0 bridgehead atoms. The van der Waals surface area contributed by atoms with E-state index in [0.29, 0.717) is 11.4 Å². The second-order valence-corrected chi connectivity index (χ2v) is 4.33. The molecule has 0 saturated heterocycles. The molecule has 2 N–H and O–H groups in total. The molecule has 0 aliphatic rings. The van der Waals surface area contributed by atoms with Gasteiger partial charge in [0.1, 0.15) is 11.4 Å². The van der Waals surface area contributed by atoms with Gasteiger partial charge in [0.25, 0.3) is 0 Å². The van der Waals surface area contributed by atoms with Gasteiger partial charge >= 0.3 is 5.69 Å². The van der Waals surface area contributed by atoms with Gasteiger partial charge < -0.3 is 15.4 Å². The molecule has 2 rings (SSSR count). The molecule has 8 heteroatoms. The van der Waals surface area contributed by atoms with Crippen LogP contribution in [-0.2, 0) is 0 Å². The molecule has 1 heterocycles. The van der Waals surface area contributed by atoms with Crippen molar-refractivity contribution in [2.75, 3.05) is 24.8 Å². The van der Waals surface area contributed by atoms with Gasteiger partial charge in [-0.15, -0.1) is 0 Å². The highest BCUT2D eigenvalue weighted by atomic mass is 16.6. The molecule has 110 valence electrons. The van der Waals surface area contributed by atoms with E-state index in [4.69, 9.17) is 10.5 Å². The summed E-state index contributed by atoms with van der Waals surface area (Å²) in [5, 5.41) is 11.3. The van der Waals surface area contributed by atoms with Crippen LogP contribution in [0.2, 0.25) is 0 Å². The minimum atomic E-state index is -0.518. The Hall–Kier alpha value is -2.90. The van der Waals surface area contributed by atoms with E-state index in [1.807, 2.05) is 6.07 Å². The van der Waals surface area contributed by atoms with Crippen LogP contribution >= 0.6 is 0 Å². The Morgan fingerprint density at radius 1 is 1.33 bits per heavy atom. The number of nitrogens with two attached hydrogens (primary N) is 1. The Labute approximate surface area is 121 Å². The first kappa shape index (κ1) is 14.5. The lowest BCUT2D eigenvalue weighted by atomic mass is 10.2. The lowest BCUT2D eigenvalue weighted by Crippen LogP contribution is -2.16. The first-order valence-corrected chi connectivity index (χ1v) is 6.11. The number of anilines is 3. The van der Waals surface area contributed by atoms with Crippen LogP contribution in [0.3, 0.4) is 0 Å². The number of nitrogens with zero attached hydrogens (tertiary/aromatic N) is 4. The third kappa shape index (κ3) is 2.69. The van der Waals surface area contributed by atoms with E-state index in [0.717, 1.165) is 0 Å². The number of hydrogen-bond donors (Lipinski definition) is 1. The zero-order chi connectivity index (χ0) is 15.6.